The van der Waals surface area contributed by atoms with Crippen LogP contribution >= 0.6 is 0 Å². The number of furan rings is 1. The largest absolute Gasteiger partial charge is 0.459 e. The second-order valence-corrected chi connectivity index (χ2v) is 7.15. The summed E-state index contributed by atoms with van der Waals surface area (Å²) in [5.74, 6) is 1.45. The second kappa shape index (κ2) is 7.81. The van der Waals surface area contributed by atoms with E-state index in [-0.39, 0.29) is 18.0 Å². The third kappa shape index (κ3) is 3.96. The van der Waals surface area contributed by atoms with Crippen molar-refractivity contribution in [3.8, 4) is 0 Å². The molecule has 0 aromatic carbocycles. The standard InChI is InChI=1S/C18H24N6O3/c25-17(15-4-2-10-27-15)24-7-1-3-14(11-24)21-18(26)23-8-5-13(6-9-23)16-19-12-20-22-16/h2,4,10,12-14H,1,3,5-9,11H2,(H,21,26)(H,19,20,22)/t14-/m0/s1. The molecule has 0 spiro atoms. The molecule has 0 bridgehead atoms. The molecule has 4 heterocycles. The van der Waals surface area contributed by atoms with Crippen molar-refractivity contribution in [2.75, 3.05) is 26.2 Å². The highest BCUT2D eigenvalue weighted by molar-refractivity contribution is 5.91. The molecule has 144 valence electrons. The van der Waals surface area contributed by atoms with E-state index < -0.39 is 0 Å². The molecule has 2 fully saturated rings. The van der Waals surface area contributed by atoms with Crippen molar-refractivity contribution < 1.29 is 14.0 Å². The number of piperidine rings is 2. The van der Waals surface area contributed by atoms with E-state index in [9.17, 15) is 9.59 Å². The molecule has 0 radical (unpaired) electrons. The molecule has 0 aliphatic carbocycles. The third-order valence-corrected chi connectivity index (χ3v) is 5.37. The number of amides is 3. The quantitative estimate of drug-likeness (QED) is 0.851. The van der Waals surface area contributed by atoms with E-state index in [2.05, 4.69) is 20.5 Å². The lowest BCUT2D eigenvalue weighted by molar-refractivity contribution is 0.0661. The summed E-state index contributed by atoms with van der Waals surface area (Å²) < 4.78 is 5.20. The Hall–Kier alpha value is -2.84. The highest BCUT2D eigenvalue weighted by Gasteiger charge is 2.30. The zero-order valence-electron chi connectivity index (χ0n) is 15.1. The number of hydrogen-bond donors (Lipinski definition) is 2. The molecule has 1 atom stereocenters. The van der Waals surface area contributed by atoms with Crippen LogP contribution in [0.5, 0.6) is 0 Å². The Morgan fingerprint density at radius 1 is 1.19 bits per heavy atom. The highest BCUT2D eigenvalue weighted by Crippen LogP contribution is 2.25. The fraction of sp³-hybridized carbons (Fsp3) is 0.556. The molecular weight excluding hydrogens is 348 g/mol. The number of hydrogen-bond acceptors (Lipinski definition) is 5. The molecule has 0 unspecified atom stereocenters. The second-order valence-electron chi connectivity index (χ2n) is 7.15. The Kier molecular flexibility index (Phi) is 5.08. The smallest absolute Gasteiger partial charge is 0.317 e. The molecule has 3 amide bonds. The van der Waals surface area contributed by atoms with Gasteiger partial charge in [0.25, 0.3) is 5.91 Å². The summed E-state index contributed by atoms with van der Waals surface area (Å²) in [6.07, 6.45) is 6.51. The van der Waals surface area contributed by atoms with Gasteiger partial charge in [0.1, 0.15) is 12.2 Å². The van der Waals surface area contributed by atoms with Crippen LogP contribution < -0.4 is 5.32 Å². The number of H-pyrrole nitrogens is 1. The zero-order chi connectivity index (χ0) is 18.6. The molecule has 2 N–H and O–H groups in total. The lowest BCUT2D eigenvalue weighted by atomic mass is 9.96. The van der Waals surface area contributed by atoms with Gasteiger partial charge in [0.15, 0.2) is 5.76 Å². The Labute approximate surface area is 157 Å². The predicted molar refractivity (Wildman–Crippen MR) is 96.1 cm³/mol. The van der Waals surface area contributed by atoms with Crippen molar-refractivity contribution in [2.45, 2.75) is 37.6 Å². The number of carbonyl (C=O) groups excluding carboxylic acids is 2. The fourth-order valence-corrected chi connectivity index (χ4v) is 3.87. The van der Waals surface area contributed by atoms with Crippen molar-refractivity contribution >= 4 is 11.9 Å². The average molecular weight is 372 g/mol. The average Bonchev–Trinajstić information content (AvgIpc) is 3.42. The van der Waals surface area contributed by atoms with Crippen LogP contribution in [0.1, 0.15) is 48.0 Å². The van der Waals surface area contributed by atoms with Crippen LogP contribution in [0.15, 0.2) is 29.1 Å². The minimum absolute atomic E-state index is 0.0304. The van der Waals surface area contributed by atoms with Crippen LogP contribution in [0.3, 0.4) is 0 Å². The van der Waals surface area contributed by atoms with Gasteiger partial charge < -0.3 is 19.5 Å². The monoisotopic (exact) mass is 372 g/mol. The van der Waals surface area contributed by atoms with Crippen molar-refractivity contribution in [1.82, 2.24) is 30.3 Å². The first-order valence-corrected chi connectivity index (χ1v) is 9.44. The molecule has 2 aromatic heterocycles. The summed E-state index contributed by atoms with van der Waals surface area (Å²) in [7, 11) is 0. The molecule has 2 aliphatic rings. The van der Waals surface area contributed by atoms with Gasteiger partial charge in [-0.2, -0.15) is 5.10 Å². The van der Waals surface area contributed by atoms with E-state index in [0.29, 0.717) is 37.9 Å². The summed E-state index contributed by atoms with van der Waals surface area (Å²) in [6.45, 7) is 2.59. The number of urea groups is 1. The van der Waals surface area contributed by atoms with Crippen molar-refractivity contribution in [3.05, 3.63) is 36.3 Å². The Morgan fingerprint density at radius 3 is 2.74 bits per heavy atom. The summed E-state index contributed by atoms with van der Waals surface area (Å²) in [6, 6.07) is 3.29. The number of aromatic amines is 1. The lowest BCUT2D eigenvalue weighted by Crippen LogP contribution is -2.53. The van der Waals surface area contributed by atoms with Crippen LogP contribution in [0.4, 0.5) is 4.79 Å². The molecule has 0 saturated carbocycles. The molecule has 2 saturated heterocycles. The minimum Gasteiger partial charge on any atom is -0.459 e. The maximum absolute atomic E-state index is 12.6. The van der Waals surface area contributed by atoms with Gasteiger partial charge in [-0.25, -0.2) is 9.78 Å². The van der Waals surface area contributed by atoms with Gasteiger partial charge in [0.2, 0.25) is 0 Å². The van der Waals surface area contributed by atoms with Crippen LogP contribution in [-0.2, 0) is 0 Å². The SMILES string of the molecule is O=C(N[C@H]1CCCN(C(=O)c2ccco2)C1)N1CCC(c2ncn[nH]2)CC1. The molecule has 27 heavy (non-hydrogen) atoms. The first-order valence-electron chi connectivity index (χ1n) is 9.44. The summed E-state index contributed by atoms with van der Waals surface area (Å²) in [5, 5.41) is 9.91. The molecular formula is C18H24N6O3. The van der Waals surface area contributed by atoms with Gasteiger partial charge in [-0.15, -0.1) is 0 Å². The molecule has 9 heteroatoms. The maximum Gasteiger partial charge on any atom is 0.317 e. The van der Waals surface area contributed by atoms with Crippen LogP contribution in [0, 0.1) is 0 Å². The van der Waals surface area contributed by atoms with Crippen LogP contribution in [0.25, 0.3) is 0 Å². The molecule has 9 nitrogen and oxygen atoms in total. The lowest BCUT2D eigenvalue weighted by Gasteiger charge is -2.36. The predicted octanol–water partition coefficient (Wildman–Crippen LogP) is 1.59. The number of nitrogens with one attached hydrogen (secondary N) is 2. The topological polar surface area (TPSA) is 107 Å². The summed E-state index contributed by atoms with van der Waals surface area (Å²) in [4.78, 5) is 32.9. The van der Waals surface area contributed by atoms with Gasteiger partial charge in [0.05, 0.1) is 6.26 Å². The number of aromatic nitrogens is 3. The van der Waals surface area contributed by atoms with E-state index in [0.717, 1.165) is 31.5 Å². The fourth-order valence-electron chi connectivity index (χ4n) is 3.87. The third-order valence-electron chi connectivity index (χ3n) is 5.37. The van der Waals surface area contributed by atoms with E-state index in [1.54, 1.807) is 17.0 Å². The van der Waals surface area contributed by atoms with Crippen LogP contribution in [-0.4, -0.2) is 69.1 Å². The van der Waals surface area contributed by atoms with Crippen molar-refractivity contribution in [1.29, 1.82) is 0 Å². The Morgan fingerprint density at radius 2 is 2.04 bits per heavy atom. The van der Waals surface area contributed by atoms with Gasteiger partial charge in [-0.1, -0.05) is 0 Å². The first-order chi connectivity index (χ1) is 13.2. The zero-order valence-corrected chi connectivity index (χ0v) is 15.1. The van der Waals surface area contributed by atoms with E-state index in [1.165, 1.54) is 12.6 Å². The van der Waals surface area contributed by atoms with Gasteiger partial charge in [-0.05, 0) is 37.8 Å². The summed E-state index contributed by atoms with van der Waals surface area (Å²) in [5.41, 5.74) is 0. The van der Waals surface area contributed by atoms with Crippen molar-refractivity contribution in [3.63, 3.8) is 0 Å². The minimum atomic E-state index is -0.119. The van der Waals surface area contributed by atoms with Crippen LogP contribution in [0.2, 0.25) is 0 Å². The number of carbonyl (C=O) groups is 2. The first kappa shape index (κ1) is 17.6. The summed E-state index contributed by atoms with van der Waals surface area (Å²) >= 11 is 0. The Bertz CT molecular complexity index is 752. The highest BCUT2D eigenvalue weighted by atomic mass is 16.3. The van der Waals surface area contributed by atoms with E-state index >= 15 is 0 Å². The van der Waals surface area contributed by atoms with Crippen molar-refractivity contribution in [2.24, 2.45) is 0 Å². The van der Waals surface area contributed by atoms with E-state index in [1.807, 2.05) is 4.90 Å². The molecule has 2 aromatic rings. The van der Waals surface area contributed by atoms with Gasteiger partial charge in [-0.3, -0.25) is 9.89 Å². The van der Waals surface area contributed by atoms with Gasteiger partial charge >= 0.3 is 6.03 Å². The molecule has 2 aliphatic heterocycles. The number of likely N-dealkylation sites (tertiary alicyclic amines) is 2. The normalized spacial score (nSPS) is 21.3. The van der Waals surface area contributed by atoms with Gasteiger partial charge in [0, 0.05) is 38.1 Å². The molecule has 4 rings (SSSR count). The Balaban J connectivity index is 1.27. The maximum atomic E-state index is 12.6. The van der Waals surface area contributed by atoms with E-state index in [4.69, 9.17) is 4.42 Å². The number of nitrogens with zero attached hydrogens (tertiary/aromatic N) is 4. The number of rotatable bonds is 3.